The Morgan fingerprint density at radius 3 is 2.45 bits per heavy atom. The third kappa shape index (κ3) is 2.85. The summed E-state index contributed by atoms with van der Waals surface area (Å²) in [6.45, 7) is 0. The van der Waals surface area contributed by atoms with Crippen molar-refractivity contribution in [3.05, 3.63) is 36.9 Å². The number of benzene rings is 1. The van der Waals surface area contributed by atoms with Gasteiger partial charge in [0, 0.05) is 18.0 Å². The third-order valence-electron chi connectivity index (χ3n) is 2.29. The topological polar surface area (TPSA) is 72.3 Å². The van der Waals surface area contributed by atoms with Gasteiger partial charge in [-0.2, -0.15) is 13.2 Å². The van der Waals surface area contributed by atoms with Gasteiger partial charge in [0.15, 0.2) is 0 Å². The summed E-state index contributed by atoms with van der Waals surface area (Å²) in [5, 5.41) is 9.73. The zero-order valence-corrected chi connectivity index (χ0v) is 9.76. The SMILES string of the molecule is O=C(Oc1cccc(O)c1-c1cncnc1)C(F)(F)F. The molecule has 0 aliphatic heterocycles. The molecule has 0 amide bonds. The van der Waals surface area contributed by atoms with Gasteiger partial charge in [0.2, 0.25) is 0 Å². The maximum absolute atomic E-state index is 12.2. The van der Waals surface area contributed by atoms with E-state index in [1.54, 1.807) is 0 Å². The Hall–Kier alpha value is -2.64. The predicted molar refractivity (Wildman–Crippen MR) is 60.8 cm³/mol. The highest BCUT2D eigenvalue weighted by atomic mass is 19.4. The molecule has 5 nitrogen and oxygen atoms in total. The minimum absolute atomic E-state index is 0.0919. The number of hydrogen-bond acceptors (Lipinski definition) is 5. The Labute approximate surface area is 110 Å². The second-order valence-corrected chi connectivity index (χ2v) is 3.66. The average Bonchev–Trinajstić information content (AvgIpc) is 2.39. The molecule has 0 fully saturated rings. The molecule has 1 N–H and O–H groups in total. The number of carbonyl (C=O) groups is 1. The molecule has 0 bridgehead atoms. The Bertz CT molecular complexity index is 630. The molecule has 0 atom stereocenters. The number of carbonyl (C=O) groups excluding carboxylic acids is 1. The van der Waals surface area contributed by atoms with Crippen molar-refractivity contribution in [2.24, 2.45) is 0 Å². The summed E-state index contributed by atoms with van der Waals surface area (Å²) < 4.78 is 40.9. The fraction of sp³-hybridized carbons (Fsp3) is 0.0833. The lowest BCUT2D eigenvalue weighted by molar-refractivity contribution is -0.189. The van der Waals surface area contributed by atoms with Crippen LogP contribution in [0, 0.1) is 0 Å². The zero-order chi connectivity index (χ0) is 14.8. The summed E-state index contributed by atoms with van der Waals surface area (Å²) in [6, 6.07) is 3.63. The van der Waals surface area contributed by atoms with Gasteiger partial charge >= 0.3 is 12.1 Å². The minimum atomic E-state index is -5.13. The van der Waals surface area contributed by atoms with E-state index in [4.69, 9.17) is 0 Å². The molecular formula is C12H7F3N2O3. The standard InChI is InChI=1S/C12H7F3N2O3/c13-12(14,15)11(19)20-9-3-1-2-8(18)10(9)7-4-16-6-17-5-7/h1-6,18H. The van der Waals surface area contributed by atoms with Gasteiger partial charge in [0.25, 0.3) is 0 Å². The number of nitrogens with zero attached hydrogens (tertiary/aromatic N) is 2. The van der Waals surface area contributed by atoms with Crippen LogP contribution in [-0.2, 0) is 4.79 Å². The molecule has 104 valence electrons. The molecule has 1 aromatic heterocycles. The maximum Gasteiger partial charge on any atom is 0.491 e. The first kappa shape index (κ1) is 13.8. The predicted octanol–water partition coefficient (Wildman–Crippen LogP) is 2.32. The molecule has 2 aromatic rings. The Balaban J connectivity index is 2.45. The van der Waals surface area contributed by atoms with Gasteiger partial charge in [-0.3, -0.25) is 0 Å². The fourth-order valence-electron chi connectivity index (χ4n) is 1.48. The number of aromatic nitrogens is 2. The molecule has 20 heavy (non-hydrogen) atoms. The Morgan fingerprint density at radius 2 is 1.85 bits per heavy atom. The zero-order valence-electron chi connectivity index (χ0n) is 9.76. The highest BCUT2D eigenvalue weighted by molar-refractivity contribution is 5.83. The molecule has 0 saturated carbocycles. The lowest BCUT2D eigenvalue weighted by Gasteiger charge is -2.12. The van der Waals surface area contributed by atoms with Crippen LogP contribution >= 0.6 is 0 Å². The van der Waals surface area contributed by atoms with E-state index in [2.05, 4.69) is 14.7 Å². The van der Waals surface area contributed by atoms with Crippen molar-refractivity contribution < 1.29 is 27.8 Å². The molecule has 1 aromatic carbocycles. The van der Waals surface area contributed by atoms with Crippen LogP contribution in [0.15, 0.2) is 36.9 Å². The minimum Gasteiger partial charge on any atom is -0.507 e. The van der Waals surface area contributed by atoms with Crippen molar-refractivity contribution >= 4 is 5.97 Å². The normalized spacial score (nSPS) is 11.2. The summed E-state index contributed by atoms with van der Waals surface area (Å²) >= 11 is 0. The molecule has 1 heterocycles. The molecule has 0 radical (unpaired) electrons. The van der Waals surface area contributed by atoms with E-state index in [0.717, 1.165) is 6.07 Å². The van der Waals surface area contributed by atoms with Crippen LogP contribution in [0.25, 0.3) is 11.1 Å². The van der Waals surface area contributed by atoms with Gasteiger partial charge in [0.05, 0.1) is 5.56 Å². The van der Waals surface area contributed by atoms with Crippen LogP contribution in [0.3, 0.4) is 0 Å². The van der Waals surface area contributed by atoms with Crippen LogP contribution < -0.4 is 4.74 Å². The Morgan fingerprint density at radius 1 is 1.20 bits per heavy atom. The summed E-state index contributed by atoms with van der Waals surface area (Å²) in [6.07, 6.45) is -1.37. The summed E-state index contributed by atoms with van der Waals surface area (Å²) in [5.74, 6) is -3.16. The average molecular weight is 284 g/mol. The van der Waals surface area contributed by atoms with Crippen LogP contribution in [0.2, 0.25) is 0 Å². The van der Waals surface area contributed by atoms with E-state index < -0.39 is 17.9 Å². The Kier molecular flexibility index (Phi) is 3.55. The first-order chi connectivity index (χ1) is 9.39. The van der Waals surface area contributed by atoms with Crippen LogP contribution in [0.4, 0.5) is 13.2 Å². The van der Waals surface area contributed by atoms with Crippen molar-refractivity contribution in [2.75, 3.05) is 0 Å². The maximum atomic E-state index is 12.2. The van der Waals surface area contributed by atoms with E-state index in [1.165, 1.54) is 30.9 Å². The summed E-state index contributed by atoms with van der Waals surface area (Å²) in [7, 11) is 0. The lowest BCUT2D eigenvalue weighted by Crippen LogP contribution is -2.28. The molecule has 2 rings (SSSR count). The van der Waals surface area contributed by atoms with Gasteiger partial charge in [0.1, 0.15) is 17.8 Å². The van der Waals surface area contributed by atoms with Gasteiger partial charge in [-0.05, 0) is 12.1 Å². The number of esters is 1. The number of rotatable bonds is 2. The number of aromatic hydroxyl groups is 1. The highest BCUT2D eigenvalue weighted by Crippen LogP contribution is 2.37. The van der Waals surface area contributed by atoms with E-state index in [-0.39, 0.29) is 16.9 Å². The number of halogens is 3. The van der Waals surface area contributed by atoms with E-state index in [0.29, 0.717) is 0 Å². The van der Waals surface area contributed by atoms with Crippen molar-refractivity contribution in [2.45, 2.75) is 6.18 Å². The van der Waals surface area contributed by atoms with Crippen molar-refractivity contribution in [3.8, 4) is 22.6 Å². The van der Waals surface area contributed by atoms with E-state index >= 15 is 0 Å². The van der Waals surface area contributed by atoms with Crippen LogP contribution in [-0.4, -0.2) is 27.2 Å². The van der Waals surface area contributed by atoms with Crippen molar-refractivity contribution in [1.29, 1.82) is 0 Å². The largest absolute Gasteiger partial charge is 0.507 e. The smallest absolute Gasteiger partial charge is 0.491 e. The molecule has 0 saturated heterocycles. The monoisotopic (exact) mass is 284 g/mol. The van der Waals surface area contributed by atoms with Crippen LogP contribution in [0.1, 0.15) is 0 Å². The highest BCUT2D eigenvalue weighted by Gasteiger charge is 2.41. The molecule has 0 aliphatic rings. The van der Waals surface area contributed by atoms with Gasteiger partial charge in [-0.25, -0.2) is 14.8 Å². The van der Waals surface area contributed by atoms with E-state index in [9.17, 15) is 23.1 Å². The number of ether oxygens (including phenoxy) is 1. The van der Waals surface area contributed by atoms with Crippen molar-refractivity contribution in [1.82, 2.24) is 9.97 Å². The van der Waals surface area contributed by atoms with Crippen LogP contribution in [0.5, 0.6) is 11.5 Å². The lowest BCUT2D eigenvalue weighted by atomic mass is 10.1. The number of phenolic OH excluding ortho intramolecular Hbond substituents is 1. The summed E-state index contributed by atoms with van der Waals surface area (Å²) in [5.41, 5.74) is 0.126. The number of phenols is 1. The third-order valence-corrected chi connectivity index (χ3v) is 2.29. The molecular weight excluding hydrogens is 277 g/mol. The first-order valence-electron chi connectivity index (χ1n) is 5.26. The number of alkyl halides is 3. The van der Waals surface area contributed by atoms with Crippen molar-refractivity contribution in [3.63, 3.8) is 0 Å². The summed E-state index contributed by atoms with van der Waals surface area (Å²) in [4.78, 5) is 18.2. The van der Waals surface area contributed by atoms with Gasteiger partial charge in [-0.1, -0.05) is 6.07 Å². The van der Waals surface area contributed by atoms with E-state index in [1.807, 2.05) is 0 Å². The molecule has 0 aliphatic carbocycles. The van der Waals surface area contributed by atoms with Gasteiger partial charge in [-0.15, -0.1) is 0 Å². The first-order valence-corrected chi connectivity index (χ1v) is 5.26. The fourth-order valence-corrected chi connectivity index (χ4v) is 1.48. The number of hydrogen-bond donors (Lipinski definition) is 1. The van der Waals surface area contributed by atoms with Gasteiger partial charge < -0.3 is 9.84 Å². The molecule has 8 heteroatoms. The second kappa shape index (κ2) is 5.16. The molecule has 0 unspecified atom stereocenters. The second-order valence-electron chi connectivity index (χ2n) is 3.66. The quantitative estimate of drug-likeness (QED) is 0.676. The molecule has 0 spiro atoms.